The molecule has 0 aromatic carbocycles. The third-order valence-electron chi connectivity index (χ3n) is 0.0894. The molecule has 26 valence electrons. The van der Waals surface area contributed by atoms with Gasteiger partial charge in [0.15, 0.2) is 0 Å². The van der Waals surface area contributed by atoms with E-state index in [0.29, 0.717) is 0 Å². The fourth-order valence-corrected chi connectivity index (χ4v) is 0.0200. The van der Waals surface area contributed by atoms with Crippen LogP contribution in [-0.2, 0) is 0 Å². The van der Waals surface area contributed by atoms with E-state index in [2.05, 4.69) is 10.4 Å². The topological polar surface area (TPSA) is 68.7 Å². The zero-order chi connectivity index (χ0) is 4.12. The van der Waals surface area contributed by atoms with Crippen LogP contribution in [0, 0.1) is 11.5 Å². The minimum absolute atomic E-state index is 1.23. The molecule has 0 aliphatic rings. The van der Waals surface area contributed by atoms with E-state index >= 15 is 0 Å². The van der Waals surface area contributed by atoms with Crippen LogP contribution in [0.3, 0.4) is 0 Å². The van der Waals surface area contributed by atoms with Gasteiger partial charge >= 0.3 is 0 Å². The minimum atomic E-state index is 1.23. The monoisotopic (exact) mass is 71.0 g/mol. The average Bonchev–Trinajstić information content (AvgIpc) is 1.41. The molecular weight excluding hydrogens is 70.0 g/mol. The summed E-state index contributed by atoms with van der Waals surface area (Å²) in [5.74, 6) is 0. The van der Waals surface area contributed by atoms with Crippen molar-refractivity contribution in [3.63, 3.8) is 0 Å². The molecule has 0 unspecified atom stereocenters. The van der Waals surface area contributed by atoms with Crippen molar-refractivity contribution in [3.05, 3.63) is 0 Å². The lowest BCUT2D eigenvalue weighted by Crippen LogP contribution is -1.40. The summed E-state index contributed by atoms with van der Waals surface area (Å²) in [6.45, 7) is 0. The van der Waals surface area contributed by atoms with Gasteiger partial charge in [-0.25, -0.2) is 0 Å². The first-order valence-corrected chi connectivity index (χ1v) is 0.847. The van der Waals surface area contributed by atoms with Gasteiger partial charge in [0.2, 0.25) is 6.19 Å². The van der Waals surface area contributed by atoms with E-state index in [1.54, 1.807) is 0 Å². The summed E-state index contributed by atoms with van der Waals surface area (Å²) in [5, 5.41) is 19.3. The van der Waals surface area contributed by atoms with E-state index in [0.717, 1.165) is 0 Å². The Hall–Kier alpha value is -1.11. The maximum atomic E-state index is 7.40. The highest BCUT2D eigenvalue weighted by atomic mass is 16.5. The zero-order valence-electron chi connectivity index (χ0n) is 2.29. The van der Waals surface area contributed by atoms with Gasteiger partial charge in [0.1, 0.15) is 0 Å². The Morgan fingerprint density at radius 1 is 1.80 bits per heavy atom. The highest BCUT2D eigenvalue weighted by Gasteiger charge is 1.48. The van der Waals surface area contributed by atoms with Gasteiger partial charge in [-0.3, -0.25) is 0 Å². The van der Waals surface area contributed by atoms with E-state index in [1.165, 1.54) is 6.19 Å². The molecule has 0 fully saturated rings. The van der Waals surface area contributed by atoms with E-state index in [1.807, 2.05) is 0 Å². The highest BCUT2D eigenvalue weighted by molar-refractivity contribution is 4.55. The molecule has 5 heavy (non-hydrogen) atoms. The first-order valence-electron chi connectivity index (χ1n) is 0.847. The lowest BCUT2D eigenvalue weighted by molar-refractivity contribution is 0.289. The molecule has 0 aliphatic carbocycles. The van der Waals surface area contributed by atoms with Crippen LogP contribution in [-0.4, -0.2) is 5.21 Å². The van der Waals surface area contributed by atoms with Crippen LogP contribution in [0.5, 0.6) is 0 Å². The van der Waals surface area contributed by atoms with Crippen LogP contribution in [0.15, 0.2) is 10.4 Å². The molecule has 0 saturated carbocycles. The number of rotatable bonds is 0. The summed E-state index contributed by atoms with van der Waals surface area (Å²) in [4.78, 5) is 0. The van der Waals surface area contributed by atoms with E-state index in [9.17, 15) is 0 Å². The van der Waals surface area contributed by atoms with Crippen molar-refractivity contribution in [1.29, 1.82) is 5.26 Å². The van der Waals surface area contributed by atoms with Crippen molar-refractivity contribution >= 4 is 0 Å². The van der Waals surface area contributed by atoms with Gasteiger partial charge in [0, 0.05) is 5.28 Å². The molecule has 0 spiro atoms. The van der Waals surface area contributed by atoms with Crippen molar-refractivity contribution in [3.8, 4) is 6.19 Å². The van der Waals surface area contributed by atoms with Gasteiger partial charge < -0.3 is 5.21 Å². The largest absolute Gasteiger partial charge is 0.394 e. The Morgan fingerprint density at radius 3 is 2.40 bits per heavy atom. The number of hydrogen-bond acceptors (Lipinski definition) is 3. The van der Waals surface area contributed by atoms with Gasteiger partial charge in [-0.1, -0.05) is 0 Å². The Bertz CT molecular complexity index is 69.5. The standard InChI is InChI=1S/CHN3O/c2-1-3-4-5/h(H,3,5). The molecule has 0 saturated heterocycles. The molecule has 0 aliphatic heterocycles. The first-order chi connectivity index (χ1) is 2.41. The second-order valence-corrected chi connectivity index (χ2v) is 0.289. The average molecular weight is 71.0 g/mol. The molecule has 4 nitrogen and oxygen atoms in total. The van der Waals surface area contributed by atoms with Crippen LogP contribution in [0.4, 0.5) is 0 Å². The van der Waals surface area contributed by atoms with Crippen molar-refractivity contribution in [2.24, 2.45) is 10.4 Å². The summed E-state index contributed by atoms with van der Waals surface area (Å²) in [5.41, 5.74) is 0. The van der Waals surface area contributed by atoms with E-state index < -0.39 is 0 Å². The number of nitriles is 1. The zero-order valence-corrected chi connectivity index (χ0v) is 2.29. The van der Waals surface area contributed by atoms with Gasteiger partial charge in [-0.2, -0.15) is 5.26 Å². The molecule has 0 rings (SSSR count). The second kappa shape index (κ2) is 2.89. The lowest BCUT2D eigenvalue weighted by Gasteiger charge is -1.50. The Kier molecular flexibility index (Phi) is 2.25. The molecule has 0 heterocycles. The van der Waals surface area contributed by atoms with Gasteiger partial charge in [-0.05, 0) is 5.11 Å². The normalized spacial score (nSPS) is 7.80. The fourth-order valence-electron chi connectivity index (χ4n) is 0.0200. The van der Waals surface area contributed by atoms with Gasteiger partial charge in [-0.15, -0.1) is 0 Å². The fraction of sp³-hybridized carbons (Fsp3) is 0. The van der Waals surface area contributed by atoms with Crippen molar-refractivity contribution in [1.82, 2.24) is 0 Å². The summed E-state index contributed by atoms with van der Waals surface area (Å²) in [6, 6.07) is 0. The second-order valence-electron chi connectivity index (χ2n) is 0.289. The van der Waals surface area contributed by atoms with Crippen LogP contribution >= 0.6 is 0 Å². The predicted molar refractivity (Wildman–Crippen MR) is 12.3 cm³/mol. The third kappa shape index (κ3) is 2.89. The summed E-state index contributed by atoms with van der Waals surface area (Å²) < 4.78 is 0. The van der Waals surface area contributed by atoms with Crippen LogP contribution in [0.2, 0.25) is 0 Å². The summed E-state index contributed by atoms with van der Waals surface area (Å²) >= 11 is 0. The molecule has 0 atom stereocenters. The van der Waals surface area contributed by atoms with Gasteiger partial charge in [0.05, 0.1) is 0 Å². The quantitative estimate of drug-likeness (QED) is 0.253. The highest BCUT2D eigenvalue weighted by Crippen LogP contribution is 1.55. The maximum absolute atomic E-state index is 7.40. The Labute approximate surface area is 28.3 Å². The van der Waals surface area contributed by atoms with E-state index in [-0.39, 0.29) is 0 Å². The molecule has 0 aromatic heterocycles. The maximum Gasteiger partial charge on any atom is 0.228 e. The summed E-state index contributed by atoms with van der Waals surface area (Å²) in [6.07, 6.45) is 1.23. The molecule has 0 radical (unpaired) electrons. The van der Waals surface area contributed by atoms with Crippen LogP contribution < -0.4 is 0 Å². The smallest absolute Gasteiger partial charge is 0.228 e. The van der Waals surface area contributed by atoms with Crippen molar-refractivity contribution in [2.45, 2.75) is 0 Å². The van der Waals surface area contributed by atoms with Crippen molar-refractivity contribution in [2.75, 3.05) is 0 Å². The van der Waals surface area contributed by atoms with Gasteiger partial charge in [0.25, 0.3) is 0 Å². The summed E-state index contributed by atoms with van der Waals surface area (Å²) in [7, 11) is 0. The van der Waals surface area contributed by atoms with Crippen molar-refractivity contribution < 1.29 is 5.21 Å². The molecule has 0 aromatic rings. The molecule has 4 heteroatoms. The van der Waals surface area contributed by atoms with Crippen LogP contribution in [0.1, 0.15) is 0 Å². The molecule has 1 N–H and O–H groups in total. The van der Waals surface area contributed by atoms with E-state index in [4.69, 9.17) is 10.5 Å². The number of nitrogens with zero attached hydrogens (tertiary/aromatic N) is 3. The number of hydrogen-bond donors (Lipinski definition) is 1. The third-order valence-corrected chi connectivity index (χ3v) is 0.0894. The molecule has 0 bridgehead atoms. The Morgan fingerprint density at radius 2 is 2.40 bits per heavy atom. The minimum Gasteiger partial charge on any atom is -0.394 e. The predicted octanol–water partition coefficient (Wildman–Crippen LogP) is 0.309. The lowest BCUT2D eigenvalue weighted by atomic mass is 11.5. The Balaban J connectivity index is 3.04. The van der Waals surface area contributed by atoms with Crippen LogP contribution in [0.25, 0.3) is 0 Å². The first kappa shape index (κ1) is 3.89. The molecule has 0 amide bonds. The SMILES string of the molecule is N#CN=NO. The molecular formula is CHN3O.